The van der Waals surface area contributed by atoms with E-state index >= 15 is 0 Å². The SMILES string of the molecule is CC(C)[C@H](N)C(=O)NCC(=O)N1CCN2C(=O)NCC2C1. The molecule has 0 aliphatic carbocycles. The number of hydrogen-bond acceptors (Lipinski definition) is 4. The first kappa shape index (κ1) is 15.6. The predicted molar refractivity (Wildman–Crippen MR) is 76.3 cm³/mol. The van der Waals surface area contributed by atoms with Crippen molar-refractivity contribution < 1.29 is 14.4 Å². The Morgan fingerprint density at radius 3 is 2.81 bits per heavy atom. The summed E-state index contributed by atoms with van der Waals surface area (Å²) in [6.07, 6.45) is 0. The quantitative estimate of drug-likeness (QED) is 0.576. The Morgan fingerprint density at radius 1 is 1.43 bits per heavy atom. The molecule has 21 heavy (non-hydrogen) atoms. The fourth-order valence-electron chi connectivity index (χ4n) is 2.53. The fourth-order valence-corrected chi connectivity index (χ4v) is 2.53. The highest BCUT2D eigenvalue weighted by Gasteiger charge is 2.36. The van der Waals surface area contributed by atoms with E-state index in [2.05, 4.69) is 10.6 Å². The van der Waals surface area contributed by atoms with Gasteiger partial charge in [-0.05, 0) is 5.92 Å². The molecule has 2 heterocycles. The van der Waals surface area contributed by atoms with Gasteiger partial charge in [-0.1, -0.05) is 13.8 Å². The van der Waals surface area contributed by atoms with Crippen molar-refractivity contribution in [3.05, 3.63) is 0 Å². The van der Waals surface area contributed by atoms with E-state index < -0.39 is 6.04 Å². The lowest BCUT2D eigenvalue weighted by Crippen LogP contribution is -2.56. The number of nitrogens with one attached hydrogen (secondary N) is 2. The number of carbonyl (C=O) groups excluding carboxylic acids is 3. The molecular weight excluding hydrogens is 274 g/mol. The van der Waals surface area contributed by atoms with E-state index in [1.165, 1.54) is 0 Å². The third kappa shape index (κ3) is 3.44. The number of rotatable bonds is 4. The van der Waals surface area contributed by atoms with E-state index in [-0.39, 0.29) is 36.3 Å². The van der Waals surface area contributed by atoms with Crippen LogP contribution >= 0.6 is 0 Å². The number of hydrogen-bond donors (Lipinski definition) is 3. The van der Waals surface area contributed by atoms with Crippen molar-refractivity contribution in [3.63, 3.8) is 0 Å². The average Bonchev–Trinajstić information content (AvgIpc) is 2.84. The predicted octanol–water partition coefficient (Wildman–Crippen LogP) is -1.68. The minimum atomic E-state index is -0.605. The van der Waals surface area contributed by atoms with Crippen LogP contribution in [0.5, 0.6) is 0 Å². The van der Waals surface area contributed by atoms with Crippen molar-refractivity contribution in [2.45, 2.75) is 25.9 Å². The molecule has 2 fully saturated rings. The van der Waals surface area contributed by atoms with Gasteiger partial charge >= 0.3 is 6.03 Å². The van der Waals surface area contributed by atoms with E-state index in [4.69, 9.17) is 5.73 Å². The summed E-state index contributed by atoms with van der Waals surface area (Å²) in [5, 5.41) is 5.34. The lowest BCUT2D eigenvalue weighted by molar-refractivity contribution is -0.135. The number of fused-ring (bicyclic) bond motifs is 1. The molecule has 2 aliphatic rings. The Hall–Kier alpha value is -1.83. The summed E-state index contributed by atoms with van der Waals surface area (Å²) < 4.78 is 0. The fraction of sp³-hybridized carbons (Fsp3) is 0.769. The molecule has 0 aromatic rings. The first-order valence-corrected chi connectivity index (χ1v) is 7.25. The molecule has 0 spiro atoms. The molecule has 2 rings (SSSR count). The average molecular weight is 297 g/mol. The molecule has 8 nitrogen and oxygen atoms in total. The molecule has 0 radical (unpaired) electrons. The first-order valence-electron chi connectivity index (χ1n) is 7.25. The minimum Gasteiger partial charge on any atom is -0.346 e. The van der Waals surface area contributed by atoms with Gasteiger partial charge in [-0.2, -0.15) is 0 Å². The molecule has 118 valence electrons. The van der Waals surface area contributed by atoms with Crippen LogP contribution in [-0.2, 0) is 9.59 Å². The number of nitrogens with zero attached hydrogens (tertiary/aromatic N) is 2. The molecule has 2 aliphatic heterocycles. The Balaban J connectivity index is 1.79. The number of urea groups is 1. The third-order valence-corrected chi connectivity index (χ3v) is 4.02. The lowest BCUT2D eigenvalue weighted by Gasteiger charge is -2.36. The maximum Gasteiger partial charge on any atom is 0.317 e. The monoisotopic (exact) mass is 297 g/mol. The number of nitrogens with two attached hydrogens (primary N) is 1. The van der Waals surface area contributed by atoms with Gasteiger partial charge in [-0.25, -0.2) is 4.79 Å². The molecule has 2 atom stereocenters. The number of amides is 4. The molecule has 4 amide bonds. The summed E-state index contributed by atoms with van der Waals surface area (Å²) in [5.41, 5.74) is 5.72. The molecule has 4 N–H and O–H groups in total. The number of carbonyl (C=O) groups is 3. The van der Waals surface area contributed by atoms with Gasteiger partial charge in [0.2, 0.25) is 11.8 Å². The zero-order chi connectivity index (χ0) is 15.6. The molecule has 2 saturated heterocycles. The van der Waals surface area contributed by atoms with Crippen LogP contribution in [-0.4, -0.2) is 72.5 Å². The normalized spacial score (nSPS) is 22.9. The van der Waals surface area contributed by atoms with E-state index in [1.807, 2.05) is 13.8 Å². The zero-order valence-electron chi connectivity index (χ0n) is 12.5. The van der Waals surface area contributed by atoms with Gasteiger partial charge in [0.1, 0.15) is 0 Å². The summed E-state index contributed by atoms with van der Waals surface area (Å²) in [7, 11) is 0. The van der Waals surface area contributed by atoms with Crippen molar-refractivity contribution in [2.24, 2.45) is 11.7 Å². The van der Waals surface area contributed by atoms with Crippen molar-refractivity contribution >= 4 is 17.8 Å². The Labute approximate surface area is 124 Å². The first-order chi connectivity index (χ1) is 9.90. The van der Waals surface area contributed by atoms with Crippen molar-refractivity contribution in [1.82, 2.24) is 20.4 Å². The summed E-state index contributed by atoms with van der Waals surface area (Å²) in [4.78, 5) is 38.7. The van der Waals surface area contributed by atoms with Crippen LogP contribution in [0.2, 0.25) is 0 Å². The summed E-state index contributed by atoms with van der Waals surface area (Å²) in [6, 6.07) is -0.640. The van der Waals surface area contributed by atoms with E-state index in [0.29, 0.717) is 26.2 Å². The van der Waals surface area contributed by atoms with Gasteiger partial charge < -0.3 is 26.2 Å². The summed E-state index contributed by atoms with van der Waals surface area (Å²) in [5.74, 6) is -0.424. The van der Waals surface area contributed by atoms with Crippen LogP contribution in [0.3, 0.4) is 0 Å². The second-order valence-electron chi connectivity index (χ2n) is 5.86. The highest BCUT2D eigenvalue weighted by atomic mass is 16.2. The van der Waals surface area contributed by atoms with E-state index in [1.54, 1.807) is 9.80 Å². The van der Waals surface area contributed by atoms with E-state index in [9.17, 15) is 14.4 Å². The number of piperazine rings is 1. The molecular formula is C13H23N5O3. The topological polar surface area (TPSA) is 108 Å². The van der Waals surface area contributed by atoms with Crippen molar-refractivity contribution in [1.29, 1.82) is 0 Å². The standard InChI is InChI=1S/C13H23N5O3/c1-8(2)11(14)12(20)15-6-10(19)17-3-4-18-9(7-17)5-16-13(18)21/h8-9,11H,3-7,14H2,1-2H3,(H,15,20)(H,16,21)/t9?,11-/m0/s1. The largest absolute Gasteiger partial charge is 0.346 e. The van der Waals surface area contributed by atoms with Gasteiger partial charge in [0.05, 0.1) is 18.6 Å². The summed E-state index contributed by atoms with van der Waals surface area (Å²) >= 11 is 0. The molecule has 0 saturated carbocycles. The molecule has 1 unspecified atom stereocenters. The second-order valence-corrected chi connectivity index (χ2v) is 5.86. The Kier molecular flexibility index (Phi) is 4.66. The van der Waals surface area contributed by atoms with Crippen LogP contribution in [0.1, 0.15) is 13.8 Å². The van der Waals surface area contributed by atoms with Crippen molar-refractivity contribution in [3.8, 4) is 0 Å². The van der Waals surface area contributed by atoms with E-state index in [0.717, 1.165) is 0 Å². The van der Waals surface area contributed by atoms with Gasteiger partial charge in [0, 0.05) is 26.2 Å². The van der Waals surface area contributed by atoms with Crippen LogP contribution in [0, 0.1) is 5.92 Å². The maximum absolute atomic E-state index is 12.1. The smallest absolute Gasteiger partial charge is 0.317 e. The van der Waals surface area contributed by atoms with Crippen LogP contribution in [0.4, 0.5) is 4.79 Å². The highest BCUT2D eigenvalue weighted by molar-refractivity contribution is 5.87. The Morgan fingerprint density at radius 2 is 2.14 bits per heavy atom. The van der Waals surface area contributed by atoms with Crippen LogP contribution in [0.15, 0.2) is 0 Å². The zero-order valence-corrected chi connectivity index (χ0v) is 12.5. The lowest BCUT2D eigenvalue weighted by atomic mass is 10.1. The molecule has 8 heteroatoms. The van der Waals surface area contributed by atoms with Crippen LogP contribution in [0.25, 0.3) is 0 Å². The maximum atomic E-state index is 12.1. The van der Waals surface area contributed by atoms with Gasteiger partial charge in [0.25, 0.3) is 0 Å². The second kappa shape index (κ2) is 6.30. The van der Waals surface area contributed by atoms with Crippen molar-refractivity contribution in [2.75, 3.05) is 32.7 Å². The minimum absolute atomic E-state index is 0.0271. The molecule has 0 aromatic heterocycles. The molecule has 0 aromatic carbocycles. The Bertz CT molecular complexity index is 440. The van der Waals surface area contributed by atoms with Gasteiger partial charge in [-0.15, -0.1) is 0 Å². The van der Waals surface area contributed by atoms with Gasteiger partial charge in [-0.3, -0.25) is 9.59 Å². The highest BCUT2D eigenvalue weighted by Crippen LogP contribution is 2.14. The van der Waals surface area contributed by atoms with Gasteiger partial charge in [0.15, 0.2) is 0 Å². The van der Waals surface area contributed by atoms with Crippen LogP contribution < -0.4 is 16.4 Å². The molecule has 0 bridgehead atoms. The third-order valence-electron chi connectivity index (χ3n) is 4.02. The summed E-state index contributed by atoms with van der Waals surface area (Å²) in [6.45, 7) is 5.76.